The first-order valence-corrected chi connectivity index (χ1v) is 14.1. The molecule has 12 heteroatoms. The van der Waals surface area contributed by atoms with Gasteiger partial charge in [-0.3, -0.25) is 0 Å². The van der Waals surface area contributed by atoms with Gasteiger partial charge in [-0.1, -0.05) is 12.1 Å². The fourth-order valence-corrected chi connectivity index (χ4v) is 6.42. The first-order valence-electron chi connectivity index (χ1n) is 11.7. The molecule has 10 nitrogen and oxygen atoms in total. The van der Waals surface area contributed by atoms with Gasteiger partial charge in [0.25, 0.3) is 0 Å². The van der Waals surface area contributed by atoms with Crippen molar-refractivity contribution in [1.82, 2.24) is 4.31 Å². The fourth-order valence-electron chi connectivity index (χ4n) is 4.00. The number of aromatic carboxylic acids is 1. The summed E-state index contributed by atoms with van der Waals surface area (Å²) in [6.07, 6.45) is 1.30. The van der Waals surface area contributed by atoms with Crippen LogP contribution < -0.4 is 10.1 Å². The van der Waals surface area contributed by atoms with Crippen LogP contribution in [0.25, 0.3) is 10.4 Å². The number of hydrogen-bond donors (Lipinski definition) is 3. The summed E-state index contributed by atoms with van der Waals surface area (Å²) in [6.45, 7) is 5.86. The van der Waals surface area contributed by atoms with Crippen molar-refractivity contribution >= 4 is 39.0 Å². The second kappa shape index (κ2) is 12.0. The number of carboxylic acids is 2. The third-order valence-electron chi connectivity index (χ3n) is 5.76. The number of sulfonamides is 1. The molecular formula is C24H32N2O8S2. The lowest BCUT2D eigenvalue weighted by molar-refractivity contribution is -0.139. The van der Waals surface area contributed by atoms with Crippen molar-refractivity contribution in [3.05, 3.63) is 34.7 Å². The van der Waals surface area contributed by atoms with Crippen molar-refractivity contribution in [3.63, 3.8) is 0 Å². The largest absolute Gasteiger partial charge is 0.480 e. The minimum absolute atomic E-state index is 0.0107. The van der Waals surface area contributed by atoms with Crippen LogP contribution in [-0.4, -0.2) is 79.1 Å². The first kappa shape index (κ1) is 27.9. The molecule has 1 aliphatic heterocycles. The Kier molecular flexibility index (Phi) is 9.34. The summed E-state index contributed by atoms with van der Waals surface area (Å²) < 4.78 is 37.3. The lowest BCUT2D eigenvalue weighted by atomic mass is 10.0. The molecule has 36 heavy (non-hydrogen) atoms. The van der Waals surface area contributed by atoms with Gasteiger partial charge in [0, 0.05) is 35.3 Å². The van der Waals surface area contributed by atoms with Gasteiger partial charge in [-0.2, -0.15) is 0 Å². The first-order chi connectivity index (χ1) is 17.0. The third-order valence-corrected chi connectivity index (χ3v) is 8.91. The molecule has 1 fully saturated rings. The van der Waals surface area contributed by atoms with E-state index in [1.54, 1.807) is 6.92 Å². The van der Waals surface area contributed by atoms with Crippen LogP contribution in [0.15, 0.2) is 24.3 Å². The predicted octanol–water partition coefficient (Wildman–Crippen LogP) is 3.52. The summed E-state index contributed by atoms with van der Waals surface area (Å²) in [5.41, 5.74) is 2.17. The maximum absolute atomic E-state index is 12.6. The molecule has 1 aliphatic rings. The van der Waals surface area contributed by atoms with Crippen LogP contribution >= 0.6 is 11.3 Å². The van der Waals surface area contributed by atoms with Crippen LogP contribution in [0, 0.1) is 6.92 Å². The van der Waals surface area contributed by atoms with E-state index < -0.39 is 28.6 Å². The Balaban J connectivity index is 1.67. The Hall–Kier alpha value is -2.67. The number of nitrogens with zero attached hydrogens (tertiary/aromatic N) is 1. The monoisotopic (exact) mass is 540 g/mol. The molecule has 0 aliphatic carbocycles. The average molecular weight is 541 g/mol. The SMILES string of the molecule is Cc1c(-c2cccc(NC3CCN(S(=O)(=O)CCOC(C)C)CC3)c2)sc(C(=O)O)c1OCC(=O)O. The molecule has 3 rings (SSSR count). The molecule has 0 bridgehead atoms. The molecule has 0 amide bonds. The Labute approximate surface area is 214 Å². The smallest absolute Gasteiger partial charge is 0.349 e. The number of rotatable bonds is 12. The van der Waals surface area contributed by atoms with Gasteiger partial charge in [0.15, 0.2) is 11.5 Å². The molecule has 2 aromatic rings. The summed E-state index contributed by atoms with van der Waals surface area (Å²) in [7, 11) is -3.36. The molecule has 0 atom stereocenters. The van der Waals surface area contributed by atoms with Gasteiger partial charge in [-0.05, 0) is 51.3 Å². The van der Waals surface area contributed by atoms with Crippen molar-refractivity contribution in [2.24, 2.45) is 0 Å². The van der Waals surface area contributed by atoms with E-state index in [1.165, 1.54) is 4.31 Å². The van der Waals surface area contributed by atoms with Crippen LogP contribution in [0.5, 0.6) is 5.75 Å². The Bertz CT molecular complexity index is 1180. The van der Waals surface area contributed by atoms with E-state index >= 15 is 0 Å². The summed E-state index contributed by atoms with van der Waals surface area (Å²) in [5.74, 6) is -2.33. The topological polar surface area (TPSA) is 142 Å². The molecule has 0 radical (unpaired) electrons. The minimum atomic E-state index is -3.36. The van der Waals surface area contributed by atoms with Gasteiger partial charge >= 0.3 is 11.9 Å². The van der Waals surface area contributed by atoms with Gasteiger partial charge < -0.3 is 25.0 Å². The Morgan fingerprint density at radius 2 is 1.92 bits per heavy atom. The van der Waals surface area contributed by atoms with E-state index in [2.05, 4.69) is 5.32 Å². The summed E-state index contributed by atoms with van der Waals surface area (Å²) in [5, 5.41) is 21.9. The zero-order valence-electron chi connectivity index (χ0n) is 20.5. The predicted molar refractivity (Wildman–Crippen MR) is 138 cm³/mol. The lowest BCUT2D eigenvalue weighted by Crippen LogP contribution is -2.43. The number of hydrogen-bond acceptors (Lipinski definition) is 8. The van der Waals surface area contributed by atoms with E-state index in [0.717, 1.165) is 22.6 Å². The molecular weight excluding hydrogens is 508 g/mol. The van der Waals surface area contributed by atoms with Crippen molar-refractivity contribution in [2.45, 2.75) is 45.8 Å². The summed E-state index contributed by atoms with van der Waals surface area (Å²) in [4.78, 5) is 23.2. The van der Waals surface area contributed by atoms with E-state index in [4.69, 9.17) is 14.6 Å². The van der Waals surface area contributed by atoms with Crippen molar-refractivity contribution in [2.75, 3.05) is 37.4 Å². The number of benzene rings is 1. The number of anilines is 1. The second-order valence-corrected chi connectivity index (χ2v) is 11.9. The van der Waals surface area contributed by atoms with Crippen molar-refractivity contribution < 1.29 is 37.7 Å². The Morgan fingerprint density at radius 3 is 2.53 bits per heavy atom. The maximum atomic E-state index is 12.6. The number of carboxylic acid groups (broad SMARTS) is 2. The van der Waals surface area contributed by atoms with Gasteiger partial charge in [-0.25, -0.2) is 22.3 Å². The summed E-state index contributed by atoms with van der Waals surface area (Å²) in [6, 6.07) is 7.59. The quantitative estimate of drug-likeness (QED) is 0.368. The highest BCUT2D eigenvalue weighted by Crippen LogP contribution is 2.42. The fraction of sp³-hybridized carbons (Fsp3) is 0.500. The summed E-state index contributed by atoms with van der Waals surface area (Å²) >= 11 is 1.04. The van der Waals surface area contributed by atoms with E-state index in [1.807, 2.05) is 38.1 Å². The highest BCUT2D eigenvalue weighted by atomic mass is 32.2. The molecule has 1 aromatic heterocycles. The van der Waals surface area contributed by atoms with Crippen LogP contribution in [0.2, 0.25) is 0 Å². The molecule has 0 saturated carbocycles. The van der Waals surface area contributed by atoms with Crippen LogP contribution in [0.1, 0.15) is 41.9 Å². The molecule has 3 N–H and O–H groups in total. The second-order valence-electron chi connectivity index (χ2n) is 8.84. The molecule has 0 unspecified atom stereocenters. The third kappa shape index (κ3) is 7.19. The van der Waals surface area contributed by atoms with Gasteiger partial charge in [0.2, 0.25) is 10.0 Å². The highest BCUT2D eigenvalue weighted by Gasteiger charge is 2.28. The van der Waals surface area contributed by atoms with E-state index in [0.29, 0.717) is 36.4 Å². The van der Waals surface area contributed by atoms with Crippen molar-refractivity contribution in [3.8, 4) is 16.2 Å². The number of thiophene rings is 1. The lowest BCUT2D eigenvalue weighted by Gasteiger charge is -2.32. The minimum Gasteiger partial charge on any atom is -0.480 e. The molecule has 198 valence electrons. The molecule has 1 saturated heterocycles. The highest BCUT2D eigenvalue weighted by molar-refractivity contribution is 7.89. The number of ether oxygens (including phenoxy) is 2. The van der Waals surface area contributed by atoms with E-state index in [-0.39, 0.29) is 35.1 Å². The van der Waals surface area contributed by atoms with Gasteiger partial charge in [-0.15, -0.1) is 11.3 Å². The number of nitrogens with one attached hydrogen (secondary N) is 1. The zero-order valence-corrected chi connectivity index (χ0v) is 22.2. The Morgan fingerprint density at radius 1 is 1.22 bits per heavy atom. The van der Waals surface area contributed by atoms with Gasteiger partial charge in [0.05, 0.1) is 18.5 Å². The molecule has 2 heterocycles. The van der Waals surface area contributed by atoms with Crippen molar-refractivity contribution in [1.29, 1.82) is 0 Å². The maximum Gasteiger partial charge on any atom is 0.349 e. The zero-order chi connectivity index (χ0) is 26.5. The average Bonchev–Trinajstić information content (AvgIpc) is 3.14. The van der Waals surface area contributed by atoms with Crippen LogP contribution in [0.3, 0.4) is 0 Å². The van der Waals surface area contributed by atoms with Crippen LogP contribution in [-0.2, 0) is 19.6 Å². The van der Waals surface area contributed by atoms with Crippen LogP contribution in [0.4, 0.5) is 5.69 Å². The number of aliphatic carboxylic acids is 1. The number of carbonyl (C=O) groups is 2. The van der Waals surface area contributed by atoms with E-state index in [9.17, 15) is 23.1 Å². The molecule has 1 aromatic carbocycles. The van der Waals surface area contributed by atoms with Gasteiger partial charge in [0.1, 0.15) is 5.75 Å². The molecule has 0 spiro atoms. The number of piperidine rings is 1. The standard InChI is InChI=1S/C24H32N2O8S2/c1-15(2)33-11-12-36(31,32)26-9-7-18(8-10-26)25-19-6-4-5-17(13-19)22-16(3)21(34-14-20(27)28)23(35-22)24(29)30/h4-6,13,15,18,25H,7-12,14H2,1-3H3,(H,27,28)(H,29,30). The normalized spacial score (nSPS) is 15.2.